The van der Waals surface area contributed by atoms with Crippen molar-refractivity contribution in [3.05, 3.63) is 47.3 Å². The SMILES string of the molecule is CN(C)C(=O)C1(Cc2ccc(-c3cccs3)cc2)CCN(C(=O)C(C)(C)C)CC1. The fraction of sp³-hybridized carbons (Fsp3) is 0.500. The molecule has 1 aliphatic rings. The number of carbonyl (C=O) groups is 2. The number of benzene rings is 1. The Morgan fingerprint density at radius 1 is 1.07 bits per heavy atom. The minimum absolute atomic E-state index is 0.169. The minimum Gasteiger partial charge on any atom is -0.348 e. The van der Waals surface area contributed by atoms with Crippen molar-refractivity contribution in [3.63, 3.8) is 0 Å². The summed E-state index contributed by atoms with van der Waals surface area (Å²) in [7, 11) is 3.66. The molecule has 2 aromatic rings. The quantitative estimate of drug-likeness (QED) is 0.730. The van der Waals surface area contributed by atoms with Crippen LogP contribution in [0.2, 0.25) is 0 Å². The maximum atomic E-state index is 13.2. The van der Waals surface area contributed by atoms with Crippen LogP contribution in [0.4, 0.5) is 0 Å². The number of thiophene rings is 1. The molecule has 0 unspecified atom stereocenters. The Hall–Kier alpha value is -2.14. The lowest BCUT2D eigenvalue weighted by Crippen LogP contribution is -2.52. The monoisotopic (exact) mass is 412 g/mol. The van der Waals surface area contributed by atoms with Crippen molar-refractivity contribution in [2.75, 3.05) is 27.2 Å². The van der Waals surface area contributed by atoms with E-state index in [1.54, 1.807) is 16.2 Å². The smallest absolute Gasteiger partial charge is 0.228 e. The lowest BCUT2D eigenvalue weighted by atomic mass is 9.72. The van der Waals surface area contributed by atoms with E-state index < -0.39 is 5.41 Å². The van der Waals surface area contributed by atoms with Gasteiger partial charge in [0.15, 0.2) is 0 Å². The summed E-state index contributed by atoms with van der Waals surface area (Å²) < 4.78 is 0. The summed E-state index contributed by atoms with van der Waals surface area (Å²) in [5.74, 6) is 0.339. The summed E-state index contributed by atoms with van der Waals surface area (Å²) in [6, 6.07) is 12.8. The summed E-state index contributed by atoms with van der Waals surface area (Å²) >= 11 is 1.73. The second-order valence-corrected chi connectivity index (χ2v) is 10.3. The Morgan fingerprint density at radius 2 is 1.69 bits per heavy atom. The second-order valence-electron chi connectivity index (χ2n) is 9.37. The Balaban J connectivity index is 1.78. The topological polar surface area (TPSA) is 40.6 Å². The third-order valence-electron chi connectivity index (χ3n) is 5.81. The van der Waals surface area contributed by atoms with Crippen molar-refractivity contribution in [2.24, 2.45) is 10.8 Å². The summed E-state index contributed by atoms with van der Waals surface area (Å²) in [6.45, 7) is 7.15. The van der Waals surface area contributed by atoms with Crippen LogP contribution in [0.15, 0.2) is 41.8 Å². The second kappa shape index (κ2) is 8.31. The summed E-state index contributed by atoms with van der Waals surface area (Å²) in [5, 5.41) is 2.08. The molecule has 5 heteroatoms. The maximum absolute atomic E-state index is 13.2. The molecule has 2 amide bonds. The summed E-state index contributed by atoms with van der Waals surface area (Å²) in [6.07, 6.45) is 2.13. The molecule has 3 rings (SSSR count). The van der Waals surface area contributed by atoms with Gasteiger partial charge in [-0.05, 0) is 41.8 Å². The lowest BCUT2D eigenvalue weighted by Gasteiger charge is -2.43. The molecule has 0 saturated carbocycles. The molecule has 0 atom stereocenters. The van der Waals surface area contributed by atoms with Crippen LogP contribution in [-0.4, -0.2) is 48.8 Å². The van der Waals surface area contributed by atoms with Gasteiger partial charge in [-0.2, -0.15) is 0 Å². The molecule has 1 fully saturated rings. The van der Waals surface area contributed by atoms with Crippen LogP contribution in [0.1, 0.15) is 39.2 Å². The van der Waals surface area contributed by atoms with Crippen molar-refractivity contribution < 1.29 is 9.59 Å². The first-order chi connectivity index (χ1) is 13.6. The molecule has 4 nitrogen and oxygen atoms in total. The molecule has 1 saturated heterocycles. The fourth-order valence-corrected chi connectivity index (χ4v) is 4.91. The number of rotatable bonds is 4. The van der Waals surface area contributed by atoms with E-state index in [-0.39, 0.29) is 17.2 Å². The fourth-order valence-electron chi connectivity index (χ4n) is 4.17. The van der Waals surface area contributed by atoms with E-state index in [0.29, 0.717) is 32.4 Å². The van der Waals surface area contributed by atoms with Crippen LogP contribution in [0.3, 0.4) is 0 Å². The van der Waals surface area contributed by atoms with Crippen LogP contribution in [0.25, 0.3) is 10.4 Å². The van der Waals surface area contributed by atoms with Crippen molar-refractivity contribution in [3.8, 4) is 10.4 Å². The normalized spacial score (nSPS) is 16.5. The van der Waals surface area contributed by atoms with Gasteiger partial charge in [-0.15, -0.1) is 11.3 Å². The molecule has 0 spiro atoms. The predicted octanol–water partition coefficient (Wildman–Crippen LogP) is 4.70. The van der Waals surface area contributed by atoms with Crippen molar-refractivity contribution in [2.45, 2.75) is 40.0 Å². The van der Waals surface area contributed by atoms with Gasteiger partial charge in [0.1, 0.15) is 0 Å². The molecule has 0 bridgehead atoms. The third kappa shape index (κ3) is 4.72. The zero-order valence-corrected chi connectivity index (χ0v) is 19.0. The molecular weight excluding hydrogens is 380 g/mol. The molecule has 0 aliphatic carbocycles. The van der Waals surface area contributed by atoms with E-state index in [1.807, 2.05) is 39.8 Å². The molecule has 1 aromatic heterocycles. The highest BCUT2D eigenvalue weighted by Crippen LogP contribution is 2.38. The zero-order valence-electron chi connectivity index (χ0n) is 18.2. The van der Waals surface area contributed by atoms with Gasteiger partial charge in [0.05, 0.1) is 5.41 Å². The Labute approximate surface area is 178 Å². The van der Waals surface area contributed by atoms with E-state index in [0.717, 1.165) is 0 Å². The zero-order chi connectivity index (χ0) is 21.2. The number of hydrogen-bond donors (Lipinski definition) is 0. The number of likely N-dealkylation sites (tertiary alicyclic amines) is 1. The van der Waals surface area contributed by atoms with Gasteiger partial charge in [-0.3, -0.25) is 9.59 Å². The molecule has 1 aliphatic heterocycles. The number of amides is 2. The highest BCUT2D eigenvalue weighted by Gasteiger charge is 2.44. The van der Waals surface area contributed by atoms with E-state index in [2.05, 4.69) is 41.8 Å². The van der Waals surface area contributed by atoms with Crippen LogP contribution >= 0.6 is 11.3 Å². The predicted molar refractivity (Wildman–Crippen MR) is 120 cm³/mol. The number of carbonyl (C=O) groups excluding carboxylic acids is 2. The maximum Gasteiger partial charge on any atom is 0.228 e. The average molecular weight is 413 g/mol. The van der Waals surface area contributed by atoms with Gasteiger partial charge in [0.25, 0.3) is 0 Å². The van der Waals surface area contributed by atoms with E-state index in [4.69, 9.17) is 0 Å². The van der Waals surface area contributed by atoms with Crippen LogP contribution in [0.5, 0.6) is 0 Å². The Morgan fingerprint density at radius 3 is 2.17 bits per heavy atom. The standard InChI is InChI=1S/C24H32N2O2S/c1-23(2,3)21(27)26-14-12-24(13-15-26,22(28)25(4)5)17-18-8-10-19(11-9-18)20-7-6-16-29-20/h6-11,16H,12-15,17H2,1-5H3. The summed E-state index contributed by atoms with van der Waals surface area (Å²) in [5.41, 5.74) is 1.56. The van der Waals surface area contributed by atoms with Gasteiger partial charge >= 0.3 is 0 Å². The molecule has 1 aromatic carbocycles. The van der Waals surface area contributed by atoms with Crippen LogP contribution in [0, 0.1) is 10.8 Å². The van der Waals surface area contributed by atoms with E-state index in [1.165, 1.54) is 16.0 Å². The molecule has 0 radical (unpaired) electrons. The summed E-state index contributed by atoms with van der Waals surface area (Å²) in [4.78, 5) is 30.7. The van der Waals surface area contributed by atoms with Crippen molar-refractivity contribution in [1.29, 1.82) is 0 Å². The van der Waals surface area contributed by atoms with Gasteiger partial charge < -0.3 is 9.80 Å². The molecule has 0 N–H and O–H groups in total. The van der Waals surface area contributed by atoms with Crippen molar-refractivity contribution in [1.82, 2.24) is 9.80 Å². The minimum atomic E-state index is -0.442. The largest absolute Gasteiger partial charge is 0.348 e. The average Bonchev–Trinajstić information content (AvgIpc) is 3.22. The third-order valence-corrected chi connectivity index (χ3v) is 6.73. The van der Waals surface area contributed by atoms with Gasteiger partial charge in [0, 0.05) is 37.5 Å². The van der Waals surface area contributed by atoms with Crippen LogP contribution < -0.4 is 0 Å². The molecular formula is C24H32N2O2S. The van der Waals surface area contributed by atoms with Gasteiger partial charge in [-0.25, -0.2) is 0 Å². The van der Waals surface area contributed by atoms with E-state index in [9.17, 15) is 9.59 Å². The number of piperidine rings is 1. The molecule has 29 heavy (non-hydrogen) atoms. The first kappa shape index (κ1) is 21.6. The van der Waals surface area contributed by atoms with Crippen LogP contribution in [-0.2, 0) is 16.0 Å². The first-order valence-corrected chi connectivity index (χ1v) is 11.1. The Bertz CT molecular complexity index is 840. The first-order valence-electron chi connectivity index (χ1n) is 10.3. The highest BCUT2D eigenvalue weighted by molar-refractivity contribution is 7.13. The molecule has 156 valence electrons. The number of hydrogen-bond acceptors (Lipinski definition) is 3. The van der Waals surface area contributed by atoms with Gasteiger partial charge in [0.2, 0.25) is 11.8 Å². The molecule has 2 heterocycles. The Kier molecular flexibility index (Phi) is 6.18. The van der Waals surface area contributed by atoms with E-state index >= 15 is 0 Å². The van der Waals surface area contributed by atoms with Crippen molar-refractivity contribution >= 4 is 23.2 Å². The van der Waals surface area contributed by atoms with Gasteiger partial charge in [-0.1, -0.05) is 51.1 Å². The lowest BCUT2D eigenvalue weighted by molar-refractivity contribution is -0.149. The highest BCUT2D eigenvalue weighted by atomic mass is 32.1. The number of nitrogens with zero attached hydrogens (tertiary/aromatic N) is 2.